The van der Waals surface area contributed by atoms with Crippen LogP contribution < -0.4 is 10.1 Å². The quantitative estimate of drug-likeness (QED) is 0.743. The van der Waals surface area contributed by atoms with Crippen molar-refractivity contribution in [3.8, 4) is 5.75 Å². The van der Waals surface area contributed by atoms with Gasteiger partial charge < -0.3 is 4.74 Å². The first-order valence-electron chi connectivity index (χ1n) is 6.84. The number of carbonyl (C=O) groups excluding carboxylic acids is 1. The zero-order valence-electron chi connectivity index (χ0n) is 12.6. The van der Waals surface area contributed by atoms with Gasteiger partial charge in [0, 0.05) is 15.7 Å². The third kappa shape index (κ3) is 3.04. The SMILES string of the molecule is COc1cc([N+](C)=O)ccc1C(=O)Nc1nc2ccccc2s1. The summed E-state index contributed by atoms with van der Waals surface area (Å²) in [5.74, 6) is 0.00446. The van der Waals surface area contributed by atoms with Gasteiger partial charge in [0.15, 0.2) is 12.2 Å². The zero-order valence-corrected chi connectivity index (χ0v) is 13.4. The number of nitroso groups, excluding NO2 is 1. The van der Waals surface area contributed by atoms with E-state index in [1.165, 1.54) is 31.6 Å². The first-order valence-corrected chi connectivity index (χ1v) is 7.66. The molecule has 0 aliphatic rings. The molecular formula is C16H14N3O3S+. The van der Waals surface area contributed by atoms with Crippen molar-refractivity contribution in [2.75, 3.05) is 19.5 Å². The number of methoxy groups -OCH3 is 1. The molecule has 6 nitrogen and oxygen atoms in total. The number of benzene rings is 2. The largest absolute Gasteiger partial charge is 0.496 e. The van der Waals surface area contributed by atoms with Gasteiger partial charge in [0.2, 0.25) is 0 Å². The Labute approximate surface area is 136 Å². The summed E-state index contributed by atoms with van der Waals surface area (Å²) in [5, 5.41) is 3.28. The van der Waals surface area contributed by atoms with Crippen LogP contribution >= 0.6 is 11.3 Å². The molecule has 0 atom stereocenters. The van der Waals surface area contributed by atoms with E-state index in [4.69, 9.17) is 4.74 Å². The fourth-order valence-electron chi connectivity index (χ4n) is 2.15. The van der Waals surface area contributed by atoms with Crippen molar-refractivity contribution in [2.45, 2.75) is 0 Å². The van der Waals surface area contributed by atoms with Crippen molar-refractivity contribution in [2.24, 2.45) is 0 Å². The fourth-order valence-corrected chi connectivity index (χ4v) is 3.01. The molecule has 0 fully saturated rings. The van der Waals surface area contributed by atoms with E-state index >= 15 is 0 Å². The lowest BCUT2D eigenvalue weighted by atomic mass is 10.1. The molecule has 0 bridgehead atoms. The van der Waals surface area contributed by atoms with Crippen molar-refractivity contribution in [1.82, 2.24) is 4.98 Å². The summed E-state index contributed by atoms with van der Waals surface area (Å²) >= 11 is 1.40. The molecule has 0 aliphatic carbocycles. The summed E-state index contributed by atoms with van der Waals surface area (Å²) in [6, 6.07) is 12.3. The molecule has 3 aromatic rings. The summed E-state index contributed by atoms with van der Waals surface area (Å²) < 4.78 is 6.91. The first-order chi connectivity index (χ1) is 11.1. The van der Waals surface area contributed by atoms with Gasteiger partial charge in [-0.25, -0.2) is 4.98 Å². The van der Waals surface area contributed by atoms with Crippen LogP contribution in [-0.4, -0.2) is 29.8 Å². The normalized spacial score (nSPS) is 10.5. The molecule has 2 aromatic carbocycles. The van der Waals surface area contributed by atoms with Gasteiger partial charge in [-0.3, -0.25) is 10.1 Å². The summed E-state index contributed by atoms with van der Waals surface area (Å²) in [6.45, 7) is 0. The Kier molecular flexibility index (Phi) is 4.03. The number of anilines is 1. The second kappa shape index (κ2) is 6.13. The number of thiazole rings is 1. The Hall–Kier alpha value is -2.80. The molecule has 0 radical (unpaired) electrons. The molecule has 1 heterocycles. The van der Waals surface area contributed by atoms with Crippen molar-refractivity contribution in [3.63, 3.8) is 0 Å². The van der Waals surface area contributed by atoms with Crippen LogP contribution in [0.5, 0.6) is 5.75 Å². The average Bonchev–Trinajstić information content (AvgIpc) is 2.96. The molecule has 1 amide bonds. The molecule has 7 heteroatoms. The minimum absolute atomic E-state index is 0.332. The van der Waals surface area contributed by atoms with Crippen LogP contribution in [0.15, 0.2) is 42.5 Å². The number of amides is 1. The van der Waals surface area contributed by atoms with Crippen LogP contribution in [-0.2, 0) is 0 Å². The lowest BCUT2D eigenvalue weighted by Gasteiger charge is -2.07. The smallest absolute Gasteiger partial charge is 0.261 e. The maximum Gasteiger partial charge on any atom is 0.261 e. The van der Waals surface area contributed by atoms with E-state index in [-0.39, 0.29) is 5.91 Å². The summed E-state index contributed by atoms with van der Waals surface area (Å²) in [5.41, 5.74) is 1.60. The van der Waals surface area contributed by atoms with Gasteiger partial charge in [-0.1, -0.05) is 23.5 Å². The predicted octanol–water partition coefficient (Wildman–Crippen LogP) is 3.60. The second-order valence-electron chi connectivity index (χ2n) is 4.82. The van der Waals surface area contributed by atoms with Crippen LogP contribution in [0, 0.1) is 4.91 Å². The lowest BCUT2D eigenvalue weighted by Crippen LogP contribution is -2.13. The third-order valence-corrected chi connectivity index (χ3v) is 4.26. The van der Waals surface area contributed by atoms with Crippen LogP contribution in [0.3, 0.4) is 0 Å². The number of hydrogen-bond donors (Lipinski definition) is 1. The molecule has 0 aliphatic heterocycles. The van der Waals surface area contributed by atoms with E-state index in [2.05, 4.69) is 10.3 Å². The van der Waals surface area contributed by atoms with E-state index in [1.54, 1.807) is 12.1 Å². The molecule has 0 saturated carbocycles. The van der Waals surface area contributed by atoms with Crippen molar-refractivity contribution in [1.29, 1.82) is 0 Å². The number of ether oxygens (including phenoxy) is 1. The maximum absolute atomic E-state index is 12.4. The summed E-state index contributed by atoms with van der Waals surface area (Å²) in [6.07, 6.45) is 0. The number of rotatable bonds is 4. The number of carbonyl (C=O) groups is 1. The minimum Gasteiger partial charge on any atom is -0.496 e. The van der Waals surface area contributed by atoms with Crippen LogP contribution in [0.2, 0.25) is 0 Å². The van der Waals surface area contributed by atoms with Gasteiger partial charge in [0.05, 0.1) is 29.0 Å². The molecule has 116 valence electrons. The Morgan fingerprint density at radius 3 is 2.74 bits per heavy atom. The third-order valence-electron chi connectivity index (χ3n) is 3.31. The van der Waals surface area contributed by atoms with E-state index in [1.807, 2.05) is 24.3 Å². The molecule has 0 spiro atoms. The first kappa shape index (κ1) is 15.1. The van der Waals surface area contributed by atoms with E-state index in [0.29, 0.717) is 26.9 Å². The van der Waals surface area contributed by atoms with Gasteiger partial charge in [0.1, 0.15) is 5.75 Å². The number of para-hydroxylation sites is 1. The lowest BCUT2D eigenvalue weighted by molar-refractivity contribution is -0.428. The van der Waals surface area contributed by atoms with Crippen LogP contribution in [0.1, 0.15) is 10.4 Å². The predicted molar refractivity (Wildman–Crippen MR) is 89.8 cm³/mol. The molecule has 23 heavy (non-hydrogen) atoms. The van der Waals surface area contributed by atoms with Gasteiger partial charge >= 0.3 is 0 Å². The van der Waals surface area contributed by atoms with Crippen molar-refractivity contribution >= 4 is 38.3 Å². The Balaban J connectivity index is 1.89. The van der Waals surface area contributed by atoms with Gasteiger partial charge in [-0.15, -0.1) is 0 Å². The Morgan fingerprint density at radius 1 is 1.26 bits per heavy atom. The Bertz CT molecular complexity index is 871. The minimum atomic E-state index is -0.332. The van der Waals surface area contributed by atoms with Gasteiger partial charge in [-0.05, 0) is 18.2 Å². The van der Waals surface area contributed by atoms with Crippen LogP contribution in [0.4, 0.5) is 10.8 Å². The average molecular weight is 328 g/mol. The highest BCUT2D eigenvalue weighted by Gasteiger charge is 2.18. The highest BCUT2D eigenvalue weighted by molar-refractivity contribution is 7.22. The molecule has 0 saturated heterocycles. The molecule has 3 rings (SSSR count). The molecular weight excluding hydrogens is 314 g/mol. The van der Waals surface area contributed by atoms with Gasteiger partial charge in [-0.2, -0.15) is 0 Å². The standard InChI is InChI=1S/C16H13N3O3S/c1-19(21)10-7-8-11(13(9-10)22-2)15(20)18-16-17-12-5-3-4-6-14(12)23-16/h3-9H,1-2H3/p+1. The summed E-state index contributed by atoms with van der Waals surface area (Å²) in [4.78, 5) is 28.1. The van der Waals surface area contributed by atoms with Crippen molar-refractivity contribution < 1.29 is 14.3 Å². The molecule has 1 aromatic heterocycles. The molecule has 1 N–H and O–H groups in total. The number of fused-ring (bicyclic) bond motifs is 1. The van der Waals surface area contributed by atoms with E-state index < -0.39 is 0 Å². The van der Waals surface area contributed by atoms with Gasteiger partial charge in [0.25, 0.3) is 11.6 Å². The highest BCUT2D eigenvalue weighted by Crippen LogP contribution is 2.28. The van der Waals surface area contributed by atoms with E-state index in [9.17, 15) is 9.70 Å². The maximum atomic E-state index is 12.4. The number of hydrogen-bond acceptors (Lipinski definition) is 5. The summed E-state index contributed by atoms with van der Waals surface area (Å²) in [7, 11) is 2.84. The number of nitrogens with one attached hydrogen (secondary N) is 1. The number of nitrogens with zero attached hydrogens (tertiary/aromatic N) is 2. The zero-order chi connectivity index (χ0) is 16.4. The monoisotopic (exact) mass is 328 g/mol. The Morgan fingerprint density at radius 2 is 2.04 bits per heavy atom. The topological polar surface area (TPSA) is 71.3 Å². The van der Waals surface area contributed by atoms with Crippen molar-refractivity contribution in [3.05, 3.63) is 52.9 Å². The number of aromatic nitrogens is 1. The van der Waals surface area contributed by atoms with E-state index in [0.717, 1.165) is 10.2 Å². The molecule has 0 unspecified atom stereocenters. The second-order valence-corrected chi connectivity index (χ2v) is 5.85. The van der Waals surface area contributed by atoms with Crippen LogP contribution in [0.25, 0.3) is 10.2 Å². The fraction of sp³-hybridized carbons (Fsp3) is 0.125. The highest BCUT2D eigenvalue weighted by atomic mass is 32.1.